The van der Waals surface area contributed by atoms with Crippen molar-refractivity contribution < 1.29 is 21.2 Å². The minimum absolute atomic E-state index is 0. The molecule has 0 saturated heterocycles. The summed E-state index contributed by atoms with van der Waals surface area (Å²) < 4.78 is 11.6. The van der Waals surface area contributed by atoms with Crippen molar-refractivity contribution in [2.45, 2.75) is 209 Å². The molecule has 0 spiro atoms. The summed E-state index contributed by atoms with van der Waals surface area (Å²) in [7, 11) is 0. The lowest BCUT2D eigenvalue weighted by atomic mass is 10.1. The lowest BCUT2D eigenvalue weighted by Gasteiger charge is -2.15. The zero-order chi connectivity index (χ0) is 29.6. The standard InChI is InChI=1S/C31H64O3.C4H11NO.2CH4.H2/c1-3-5-7-9-11-13-15-17-19-21-23-25-27-33-30-31(29-32)34-28-26-24-22-20-18-16-14-12-10-8-6-4-2;1-2-3-4-5-6;;;/h31-32H,3-30H2,1-2H3;5-6H,2-4H2,1H3;2*1H4;1H. The number of ether oxygens (including phenoxy) is 2. The molecule has 0 fully saturated rings. The second kappa shape index (κ2) is 47.7. The number of hydrogen-bond acceptors (Lipinski definition) is 5. The number of hydroxylamine groups is 1. The molecule has 0 amide bonds. The van der Waals surface area contributed by atoms with Crippen LogP contribution in [0.15, 0.2) is 0 Å². The average molecular weight is 608 g/mol. The fourth-order valence-electron chi connectivity index (χ4n) is 4.86. The van der Waals surface area contributed by atoms with Gasteiger partial charge in [-0.1, -0.05) is 183 Å². The van der Waals surface area contributed by atoms with E-state index in [1.165, 1.54) is 141 Å². The second-order valence-corrected chi connectivity index (χ2v) is 11.8. The van der Waals surface area contributed by atoms with E-state index in [-0.39, 0.29) is 29.0 Å². The molecule has 0 saturated carbocycles. The smallest absolute Gasteiger partial charge is 0.104 e. The first kappa shape index (κ1) is 48.7. The number of unbranched alkanes of at least 4 members (excludes halogenated alkanes) is 23. The number of nitrogens with one attached hydrogen (secondary N) is 1. The Kier molecular flexibility index (Phi) is 55.3. The van der Waals surface area contributed by atoms with Gasteiger partial charge in [0.25, 0.3) is 0 Å². The Bertz CT molecular complexity index is 414. The first-order valence-corrected chi connectivity index (χ1v) is 17.9. The molecule has 5 nitrogen and oxygen atoms in total. The molecule has 0 aliphatic carbocycles. The van der Waals surface area contributed by atoms with Crippen LogP contribution in [-0.4, -0.2) is 49.4 Å². The third-order valence-electron chi connectivity index (χ3n) is 7.64. The summed E-state index contributed by atoms with van der Waals surface area (Å²) in [5.74, 6) is 0. The van der Waals surface area contributed by atoms with E-state index in [0.29, 0.717) is 6.61 Å². The topological polar surface area (TPSA) is 71.0 Å². The van der Waals surface area contributed by atoms with Crippen LogP contribution in [0.3, 0.4) is 0 Å². The highest BCUT2D eigenvalue weighted by molar-refractivity contribution is 4.55. The Morgan fingerprint density at radius 2 is 0.833 bits per heavy atom. The van der Waals surface area contributed by atoms with Crippen LogP contribution in [0.5, 0.6) is 0 Å². The van der Waals surface area contributed by atoms with Gasteiger partial charge >= 0.3 is 0 Å². The van der Waals surface area contributed by atoms with E-state index >= 15 is 0 Å². The molecule has 0 aliphatic heterocycles. The maximum absolute atomic E-state index is 9.52. The Hall–Kier alpha value is -0.200. The van der Waals surface area contributed by atoms with E-state index in [0.717, 1.165) is 45.4 Å². The Balaban J connectivity index is -0.000000482. The predicted molar refractivity (Wildman–Crippen MR) is 190 cm³/mol. The van der Waals surface area contributed by atoms with Crippen LogP contribution in [0.4, 0.5) is 0 Å². The van der Waals surface area contributed by atoms with Crippen LogP contribution in [0.2, 0.25) is 0 Å². The molecule has 0 rings (SSSR count). The highest BCUT2D eigenvalue weighted by Crippen LogP contribution is 2.13. The van der Waals surface area contributed by atoms with E-state index in [2.05, 4.69) is 26.3 Å². The van der Waals surface area contributed by atoms with Crippen LogP contribution in [0, 0.1) is 0 Å². The summed E-state index contributed by atoms with van der Waals surface area (Å²) in [5.41, 5.74) is 2.07. The molecule has 1 atom stereocenters. The third-order valence-corrected chi connectivity index (χ3v) is 7.64. The minimum atomic E-state index is -0.148. The lowest BCUT2D eigenvalue weighted by Crippen LogP contribution is -2.24. The highest BCUT2D eigenvalue weighted by atomic mass is 16.5. The summed E-state index contributed by atoms with van der Waals surface area (Å²) in [6.45, 7) is 9.52. The van der Waals surface area contributed by atoms with Crippen LogP contribution >= 0.6 is 0 Å². The minimum Gasteiger partial charge on any atom is -0.394 e. The summed E-state index contributed by atoms with van der Waals surface area (Å²) in [6, 6.07) is 0. The van der Waals surface area contributed by atoms with Crippen molar-refractivity contribution in [2.24, 2.45) is 0 Å². The Morgan fingerprint density at radius 3 is 1.14 bits per heavy atom. The summed E-state index contributed by atoms with van der Waals surface area (Å²) >= 11 is 0. The van der Waals surface area contributed by atoms with Crippen LogP contribution in [0.1, 0.15) is 204 Å². The van der Waals surface area contributed by atoms with Crippen molar-refractivity contribution in [3.8, 4) is 0 Å². The molecule has 5 heteroatoms. The molecule has 0 heterocycles. The van der Waals surface area contributed by atoms with Gasteiger partial charge in [0.1, 0.15) is 6.10 Å². The van der Waals surface area contributed by atoms with E-state index in [9.17, 15) is 5.11 Å². The molecule has 42 heavy (non-hydrogen) atoms. The van der Waals surface area contributed by atoms with Crippen LogP contribution in [-0.2, 0) is 9.47 Å². The van der Waals surface area contributed by atoms with Gasteiger partial charge in [-0.05, 0) is 19.3 Å². The third kappa shape index (κ3) is 46.7. The fraction of sp³-hybridized carbons (Fsp3) is 1.00. The number of aliphatic hydroxyl groups excluding tert-OH is 1. The average Bonchev–Trinajstić information content (AvgIpc) is 2.97. The molecule has 0 radical (unpaired) electrons. The zero-order valence-corrected chi connectivity index (χ0v) is 27.7. The van der Waals surface area contributed by atoms with Gasteiger partial charge in [-0.2, -0.15) is 0 Å². The van der Waals surface area contributed by atoms with Gasteiger partial charge in [-0.25, -0.2) is 5.48 Å². The predicted octanol–water partition coefficient (Wildman–Crippen LogP) is 12.1. The van der Waals surface area contributed by atoms with Gasteiger partial charge in [0.05, 0.1) is 13.2 Å². The molecule has 1 unspecified atom stereocenters. The van der Waals surface area contributed by atoms with Gasteiger partial charge in [0.15, 0.2) is 0 Å². The van der Waals surface area contributed by atoms with E-state index < -0.39 is 0 Å². The normalized spacial score (nSPS) is 11.4. The van der Waals surface area contributed by atoms with Crippen molar-refractivity contribution in [3.63, 3.8) is 0 Å². The number of hydrogen-bond donors (Lipinski definition) is 3. The second-order valence-electron chi connectivity index (χ2n) is 11.8. The van der Waals surface area contributed by atoms with Crippen molar-refractivity contribution in [1.29, 1.82) is 0 Å². The fourth-order valence-corrected chi connectivity index (χ4v) is 4.86. The monoisotopic (exact) mass is 608 g/mol. The Labute approximate surface area is 268 Å². The quantitative estimate of drug-likeness (QED) is 0.0511. The van der Waals surface area contributed by atoms with Gasteiger partial charge in [0, 0.05) is 21.2 Å². The van der Waals surface area contributed by atoms with Crippen molar-refractivity contribution in [2.75, 3.05) is 33.0 Å². The van der Waals surface area contributed by atoms with Crippen molar-refractivity contribution in [1.82, 2.24) is 5.48 Å². The first-order valence-electron chi connectivity index (χ1n) is 17.9. The molecule has 262 valence electrons. The maximum atomic E-state index is 9.52. The lowest BCUT2D eigenvalue weighted by molar-refractivity contribution is -0.0437. The highest BCUT2D eigenvalue weighted by Gasteiger charge is 2.07. The first-order chi connectivity index (χ1) is 19.8. The van der Waals surface area contributed by atoms with E-state index in [4.69, 9.17) is 14.7 Å². The van der Waals surface area contributed by atoms with Crippen molar-refractivity contribution in [3.05, 3.63) is 0 Å². The van der Waals surface area contributed by atoms with Gasteiger partial charge < -0.3 is 19.8 Å². The SMILES string of the molecule is C.C.CCCCCCCCCCCCCCOCC(CO)OCCCCCCCCCCCCCC.CCCCNO.[HH]. The number of rotatable bonds is 33. The van der Waals surface area contributed by atoms with Crippen LogP contribution in [0.25, 0.3) is 0 Å². The number of aliphatic hydroxyl groups is 1. The molecular weight excluding hydrogens is 522 g/mol. The van der Waals surface area contributed by atoms with Crippen LogP contribution < -0.4 is 5.48 Å². The molecule has 0 aromatic rings. The van der Waals surface area contributed by atoms with Crippen molar-refractivity contribution >= 4 is 0 Å². The maximum Gasteiger partial charge on any atom is 0.104 e. The summed E-state index contributed by atoms with van der Waals surface area (Å²) in [5, 5.41) is 17.5. The van der Waals surface area contributed by atoms with Gasteiger partial charge in [-0.15, -0.1) is 0 Å². The Morgan fingerprint density at radius 1 is 0.500 bits per heavy atom. The zero-order valence-electron chi connectivity index (χ0n) is 27.7. The molecule has 0 bridgehead atoms. The van der Waals surface area contributed by atoms with E-state index in [1.54, 1.807) is 0 Å². The van der Waals surface area contributed by atoms with Gasteiger partial charge in [0.2, 0.25) is 0 Å². The summed E-state index contributed by atoms with van der Waals surface area (Å²) in [4.78, 5) is 0. The van der Waals surface area contributed by atoms with E-state index in [1.807, 2.05) is 0 Å². The molecule has 3 N–H and O–H groups in total. The molecule has 0 aromatic heterocycles. The largest absolute Gasteiger partial charge is 0.394 e. The summed E-state index contributed by atoms with van der Waals surface area (Å²) in [6.07, 6.45) is 34.7. The van der Waals surface area contributed by atoms with Gasteiger partial charge in [-0.3, -0.25) is 0 Å². The molecular formula is C37H85NO4. The molecule has 0 aliphatic rings. The molecule has 0 aromatic carbocycles.